The van der Waals surface area contributed by atoms with Gasteiger partial charge in [0, 0.05) is 0 Å². The molecule has 0 saturated carbocycles. The van der Waals surface area contributed by atoms with Gasteiger partial charge in [-0.25, -0.2) is 4.68 Å². The minimum absolute atomic E-state index is 0.235. The molecule has 3 heterocycles. The van der Waals surface area contributed by atoms with E-state index in [9.17, 15) is 35.7 Å². The molecule has 7 N–H and O–H groups in total. The van der Waals surface area contributed by atoms with Crippen LogP contribution >= 0.6 is 0 Å². The van der Waals surface area contributed by atoms with Gasteiger partial charge in [-0.15, -0.1) is 5.10 Å². The van der Waals surface area contributed by atoms with Gasteiger partial charge in [-0.2, -0.15) is 0 Å². The molecule has 0 bridgehead atoms. The second-order valence-corrected chi connectivity index (χ2v) is 8.72. The van der Waals surface area contributed by atoms with Crippen LogP contribution in [-0.2, 0) is 20.8 Å². The van der Waals surface area contributed by atoms with Crippen LogP contribution in [-0.4, -0.2) is 120 Å². The number of aliphatic hydroxyl groups excluding tert-OH is 7. The zero-order valence-electron chi connectivity index (χ0n) is 19.4. The number of rotatable bonds is 8. The molecule has 1 aromatic carbocycles. The average molecular weight is 514 g/mol. The molecular formula is C22H31N3O11. The summed E-state index contributed by atoms with van der Waals surface area (Å²) in [5.74, 6) is 0.610. The van der Waals surface area contributed by atoms with Crippen molar-refractivity contribution in [2.24, 2.45) is 0 Å². The molecule has 0 aliphatic carbocycles. The van der Waals surface area contributed by atoms with E-state index in [4.69, 9.17) is 18.9 Å². The van der Waals surface area contributed by atoms with E-state index in [1.165, 1.54) is 18.0 Å². The SMILES string of the molecule is COc1ccc(C2OC(CO)C(O)C(O)C2n2cc(COC3OC(CO)[C@H](O)[C@H](O)[C@H]3O)nn2)cc1. The first-order valence-electron chi connectivity index (χ1n) is 11.4. The van der Waals surface area contributed by atoms with Crippen LogP contribution in [0, 0.1) is 0 Å². The predicted octanol–water partition coefficient (Wildman–Crippen LogP) is -3.00. The Morgan fingerprint density at radius 1 is 0.861 bits per heavy atom. The molecule has 2 fully saturated rings. The second kappa shape index (κ2) is 11.4. The third-order valence-electron chi connectivity index (χ3n) is 6.44. The van der Waals surface area contributed by atoms with Crippen LogP contribution in [0.5, 0.6) is 5.75 Å². The molecule has 1 aromatic heterocycles. The monoisotopic (exact) mass is 513 g/mol. The van der Waals surface area contributed by atoms with Crippen molar-refractivity contribution < 1.29 is 54.7 Å². The fourth-order valence-corrected chi connectivity index (χ4v) is 4.36. The number of ether oxygens (including phenoxy) is 4. The fourth-order valence-electron chi connectivity index (χ4n) is 4.36. The van der Waals surface area contributed by atoms with Crippen LogP contribution in [0.4, 0.5) is 0 Å². The third kappa shape index (κ3) is 5.24. The largest absolute Gasteiger partial charge is 0.497 e. The maximum Gasteiger partial charge on any atom is 0.187 e. The molecule has 200 valence electrons. The molecule has 2 aliphatic heterocycles. The Morgan fingerprint density at radius 2 is 1.50 bits per heavy atom. The summed E-state index contributed by atoms with van der Waals surface area (Å²) in [7, 11) is 1.53. The Labute approximate surface area is 205 Å². The maximum atomic E-state index is 10.9. The van der Waals surface area contributed by atoms with Gasteiger partial charge in [-0.05, 0) is 17.7 Å². The van der Waals surface area contributed by atoms with Gasteiger partial charge in [-0.1, -0.05) is 17.3 Å². The molecule has 4 rings (SSSR count). The minimum atomic E-state index is -1.59. The molecule has 7 unspecified atom stereocenters. The number of aliphatic hydroxyl groups is 7. The van der Waals surface area contributed by atoms with Crippen molar-refractivity contribution in [3.63, 3.8) is 0 Å². The first kappa shape index (κ1) is 26.8. The predicted molar refractivity (Wildman–Crippen MR) is 117 cm³/mol. The summed E-state index contributed by atoms with van der Waals surface area (Å²) < 4.78 is 23.2. The van der Waals surface area contributed by atoms with Crippen molar-refractivity contribution in [3.8, 4) is 5.75 Å². The molecule has 2 saturated heterocycles. The van der Waals surface area contributed by atoms with E-state index in [2.05, 4.69) is 10.3 Å². The first-order chi connectivity index (χ1) is 17.3. The molecule has 2 aromatic rings. The molecule has 2 aliphatic rings. The minimum Gasteiger partial charge on any atom is -0.497 e. The van der Waals surface area contributed by atoms with Gasteiger partial charge in [0.1, 0.15) is 66.3 Å². The van der Waals surface area contributed by atoms with Crippen LogP contribution in [0.1, 0.15) is 23.4 Å². The highest BCUT2D eigenvalue weighted by atomic mass is 16.7. The van der Waals surface area contributed by atoms with Gasteiger partial charge in [-0.3, -0.25) is 0 Å². The van der Waals surface area contributed by atoms with Gasteiger partial charge in [0.25, 0.3) is 0 Å². The molecule has 36 heavy (non-hydrogen) atoms. The summed E-state index contributed by atoms with van der Waals surface area (Å²) in [5, 5.41) is 78.3. The lowest BCUT2D eigenvalue weighted by atomic mass is 9.89. The van der Waals surface area contributed by atoms with Gasteiger partial charge in [0.05, 0.1) is 33.1 Å². The van der Waals surface area contributed by atoms with E-state index in [-0.39, 0.29) is 12.3 Å². The molecule has 10 atom stereocenters. The average Bonchev–Trinajstić information content (AvgIpc) is 3.37. The Kier molecular flexibility index (Phi) is 8.52. The van der Waals surface area contributed by atoms with Gasteiger partial charge in [0.2, 0.25) is 0 Å². The van der Waals surface area contributed by atoms with Gasteiger partial charge < -0.3 is 54.7 Å². The highest BCUT2D eigenvalue weighted by Gasteiger charge is 2.47. The smallest absolute Gasteiger partial charge is 0.187 e. The lowest BCUT2D eigenvalue weighted by Crippen LogP contribution is -2.59. The Morgan fingerprint density at radius 3 is 2.14 bits per heavy atom. The van der Waals surface area contributed by atoms with Crippen molar-refractivity contribution in [1.82, 2.24) is 15.0 Å². The Balaban J connectivity index is 1.52. The number of nitrogens with zero attached hydrogens (tertiary/aromatic N) is 3. The zero-order valence-corrected chi connectivity index (χ0v) is 19.4. The summed E-state index contributed by atoms with van der Waals surface area (Å²) in [6.45, 7) is -1.33. The van der Waals surface area contributed by atoms with E-state index < -0.39 is 74.4 Å². The first-order valence-corrected chi connectivity index (χ1v) is 11.4. The summed E-state index contributed by atoms with van der Waals surface area (Å²) in [6, 6.07) is 5.96. The number of benzene rings is 1. The zero-order chi connectivity index (χ0) is 26.0. The standard InChI is InChI=1S/C22H31N3O11/c1-33-12-4-2-10(3-5-12)21-15(18(30)16(28)13(7-26)35-21)25-6-11(23-24-25)9-34-22-20(32)19(31)17(29)14(8-27)36-22/h2-6,13-22,26-32H,7-9H2,1H3/t13?,14?,15?,16?,17-,18?,19-,20+,21?,22?/m0/s1. The number of hydrogen-bond donors (Lipinski definition) is 7. The molecular weight excluding hydrogens is 482 g/mol. The lowest BCUT2D eigenvalue weighted by Gasteiger charge is -2.42. The van der Waals surface area contributed by atoms with Crippen LogP contribution in [0.15, 0.2) is 30.5 Å². The number of methoxy groups -OCH3 is 1. The van der Waals surface area contributed by atoms with E-state index >= 15 is 0 Å². The summed E-state index contributed by atoms with van der Waals surface area (Å²) in [4.78, 5) is 0. The molecule has 0 radical (unpaired) electrons. The Bertz CT molecular complexity index is 974. The van der Waals surface area contributed by atoms with Gasteiger partial charge >= 0.3 is 0 Å². The summed E-state index contributed by atoms with van der Waals surface area (Å²) >= 11 is 0. The maximum absolute atomic E-state index is 10.9. The second-order valence-electron chi connectivity index (χ2n) is 8.72. The van der Waals surface area contributed by atoms with Crippen LogP contribution in [0.3, 0.4) is 0 Å². The van der Waals surface area contributed by atoms with Crippen LogP contribution in [0.2, 0.25) is 0 Å². The van der Waals surface area contributed by atoms with Crippen molar-refractivity contribution in [1.29, 1.82) is 0 Å². The summed E-state index contributed by atoms with van der Waals surface area (Å²) in [6.07, 6.45) is -10.3. The van der Waals surface area contributed by atoms with E-state index in [0.29, 0.717) is 11.3 Å². The third-order valence-corrected chi connectivity index (χ3v) is 6.44. The molecule has 14 nitrogen and oxygen atoms in total. The van der Waals surface area contributed by atoms with Crippen molar-refractivity contribution >= 4 is 0 Å². The van der Waals surface area contributed by atoms with E-state index in [1.54, 1.807) is 24.3 Å². The fraction of sp³-hybridized carbons (Fsp3) is 0.636. The number of aromatic nitrogens is 3. The van der Waals surface area contributed by atoms with Crippen molar-refractivity contribution in [2.75, 3.05) is 20.3 Å². The van der Waals surface area contributed by atoms with Gasteiger partial charge in [0.15, 0.2) is 6.29 Å². The lowest BCUT2D eigenvalue weighted by molar-refractivity contribution is -0.304. The Hall–Kier alpha value is -2.24. The topological polar surface area (TPSA) is 209 Å². The van der Waals surface area contributed by atoms with Crippen molar-refractivity contribution in [3.05, 3.63) is 41.7 Å². The number of hydrogen-bond acceptors (Lipinski definition) is 13. The summed E-state index contributed by atoms with van der Waals surface area (Å²) in [5.41, 5.74) is 0.895. The molecule has 14 heteroatoms. The normalized spacial score (nSPS) is 37.1. The highest BCUT2D eigenvalue weighted by Crippen LogP contribution is 2.40. The van der Waals surface area contributed by atoms with Crippen LogP contribution < -0.4 is 4.74 Å². The quantitative estimate of drug-likeness (QED) is 0.188. The van der Waals surface area contributed by atoms with Crippen LogP contribution in [0.25, 0.3) is 0 Å². The van der Waals surface area contributed by atoms with E-state index in [0.717, 1.165) is 0 Å². The molecule has 0 spiro atoms. The van der Waals surface area contributed by atoms with Crippen molar-refractivity contribution in [2.45, 2.75) is 67.8 Å². The highest BCUT2D eigenvalue weighted by molar-refractivity contribution is 5.30. The molecule has 0 amide bonds. The van der Waals surface area contributed by atoms with E-state index in [1.807, 2.05) is 0 Å².